The molecule has 0 saturated heterocycles. The van der Waals surface area contributed by atoms with Gasteiger partial charge in [0, 0.05) is 24.2 Å². The topological polar surface area (TPSA) is 51.8 Å². The molecule has 0 spiro atoms. The van der Waals surface area contributed by atoms with E-state index in [1.165, 1.54) is 0 Å². The minimum Gasteiger partial charge on any atom is -0.327 e. The van der Waals surface area contributed by atoms with Crippen LogP contribution >= 0.6 is 11.8 Å². The van der Waals surface area contributed by atoms with Gasteiger partial charge in [0.15, 0.2) is 5.16 Å². The highest BCUT2D eigenvalue weighted by molar-refractivity contribution is 7.99. The van der Waals surface area contributed by atoms with E-state index in [1.807, 2.05) is 6.07 Å². The fourth-order valence-electron chi connectivity index (χ4n) is 0.998. The molecule has 1 rings (SSSR count). The molecule has 78 valence electrons. The fraction of sp³-hybridized carbons (Fsp3) is 0.600. The first-order chi connectivity index (χ1) is 6.74. The summed E-state index contributed by atoms with van der Waals surface area (Å²) >= 11 is 1.62. The lowest BCUT2D eigenvalue weighted by atomic mass is 10.0. The molecular formula is C10H17N3S. The minimum absolute atomic E-state index is 0.230. The molecule has 2 atom stereocenters. The number of nitrogens with zero attached hydrogens (tertiary/aromatic N) is 2. The lowest BCUT2D eigenvalue weighted by molar-refractivity contribution is 0.475. The molecule has 1 aromatic heterocycles. The van der Waals surface area contributed by atoms with E-state index in [1.54, 1.807) is 24.2 Å². The van der Waals surface area contributed by atoms with Crippen LogP contribution in [0.2, 0.25) is 0 Å². The lowest BCUT2D eigenvalue weighted by Gasteiger charge is -2.16. The molecule has 0 amide bonds. The zero-order valence-corrected chi connectivity index (χ0v) is 9.50. The summed E-state index contributed by atoms with van der Waals surface area (Å²) in [7, 11) is 0. The Morgan fingerprint density at radius 1 is 1.43 bits per heavy atom. The van der Waals surface area contributed by atoms with E-state index < -0.39 is 0 Å². The van der Waals surface area contributed by atoms with Gasteiger partial charge in [-0.1, -0.05) is 32.0 Å². The van der Waals surface area contributed by atoms with E-state index >= 15 is 0 Å². The monoisotopic (exact) mass is 211 g/mol. The van der Waals surface area contributed by atoms with Gasteiger partial charge in [0.05, 0.1) is 0 Å². The van der Waals surface area contributed by atoms with Crippen LogP contribution in [0.25, 0.3) is 0 Å². The van der Waals surface area contributed by atoms with Gasteiger partial charge in [-0.25, -0.2) is 9.97 Å². The summed E-state index contributed by atoms with van der Waals surface area (Å²) in [6.45, 7) is 4.34. The van der Waals surface area contributed by atoms with Crippen LogP contribution in [0, 0.1) is 5.92 Å². The van der Waals surface area contributed by atoms with Gasteiger partial charge in [0.25, 0.3) is 0 Å². The lowest BCUT2D eigenvalue weighted by Crippen LogP contribution is -2.30. The second-order valence-corrected chi connectivity index (χ2v) is 4.38. The average Bonchev–Trinajstić information content (AvgIpc) is 2.26. The smallest absolute Gasteiger partial charge is 0.187 e. The van der Waals surface area contributed by atoms with Crippen molar-refractivity contribution in [3.8, 4) is 0 Å². The predicted molar refractivity (Wildman–Crippen MR) is 60.2 cm³/mol. The molecule has 0 aromatic carbocycles. The summed E-state index contributed by atoms with van der Waals surface area (Å²) in [5.41, 5.74) is 6.00. The molecule has 0 radical (unpaired) electrons. The number of hydrogen-bond donors (Lipinski definition) is 1. The molecule has 4 heteroatoms. The van der Waals surface area contributed by atoms with Crippen LogP contribution in [-0.2, 0) is 0 Å². The Morgan fingerprint density at radius 3 is 2.64 bits per heavy atom. The van der Waals surface area contributed by atoms with Crippen LogP contribution in [-0.4, -0.2) is 21.8 Å². The molecule has 14 heavy (non-hydrogen) atoms. The highest BCUT2D eigenvalue weighted by Crippen LogP contribution is 2.16. The first-order valence-corrected chi connectivity index (χ1v) is 5.88. The third-order valence-corrected chi connectivity index (χ3v) is 3.34. The van der Waals surface area contributed by atoms with E-state index in [-0.39, 0.29) is 6.04 Å². The molecule has 0 aliphatic rings. The maximum absolute atomic E-state index is 6.00. The van der Waals surface area contributed by atoms with Crippen molar-refractivity contribution in [3.63, 3.8) is 0 Å². The zero-order valence-electron chi connectivity index (χ0n) is 8.68. The molecule has 0 aliphatic heterocycles. The predicted octanol–water partition coefficient (Wildman–Crippen LogP) is 1.94. The molecular weight excluding hydrogens is 194 g/mol. The molecule has 0 aliphatic carbocycles. The minimum atomic E-state index is 0.230. The summed E-state index contributed by atoms with van der Waals surface area (Å²) in [5, 5.41) is 0.811. The Hall–Kier alpha value is -0.610. The van der Waals surface area contributed by atoms with Crippen molar-refractivity contribution in [2.75, 3.05) is 5.75 Å². The Bertz CT molecular complexity index is 253. The van der Waals surface area contributed by atoms with Crippen LogP contribution in [0.3, 0.4) is 0 Å². The largest absolute Gasteiger partial charge is 0.327 e. The number of aromatic nitrogens is 2. The second kappa shape index (κ2) is 5.98. The maximum Gasteiger partial charge on any atom is 0.187 e. The summed E-state index contributed by atoms with van der Waals surface area (Å²) in [5.74, 6) is 1.45. The van der Waals surface area contributed by atoms with E-state index in [9.17, 15) is 0 Å². The number of rotatable bonds is 5. The van der Waals surface area contributed by atoms with E-state index in [0.717, 1.165) is 17.3 Å². The summed E-state index contributed by atoms with van der Waals surface area (Å²) in [6, 6.07) is 2.05. The number of hydrogen-bond acceptors (Lipinski definition) is 4. The molecule has 0 fully saturated rings. The normalized spacial score (nSPS) is 15.1. The Morgan fingerprint density at radius 2 is 2.07 bits per heavy atom. The fourth-order valence-corrected chi connectivity index (χ4v) is 1.94. The van der Waals surface area contributed by atoms with Gasteiger partial charge in [0.1, 0.15) is 0 Å². The van der Waals surface area contributed by atoms with Gasteiger partial charge < -0.3 is 5.73 Å². The van der Waals surface area contributed by atoms with Crippen LogP contribution in [0.1, 0.15) is 20.3 Å². The van der Waals surface area contributed by atoms with Crippen molar-refractivity contribution < 1.29 is 0 Å². The first kappa shape index (κ1) is 11.5. The van der Waals surface area contributed by atoms with Crippen molar-refractivity contribution in [1.82, 2.24) is 9.97 Å². The van der Waals surface area contributed by atoms with Gasteiger partial charge in [0.2, 0.25) is 0 Å². The van der Waals surface area contributed by atoms with Gasteiger partial charge >= 0.3 is 0 Å². The Kier molecular flexibility index (Phi) is 4.90. The standard InChI is InChI=1S/C10H17N3S/c1-3-8(2)9(11)7-14-10-12-5-4-6-13-10/h4-6,8-9H,3,7,11H2,1-2H3/t8-,9-/m1/s1. The first-order valence-electron chi connectivity index (χ1n) is 4.89. The van der Waals surface area contributed by atoms with Crippen molar-refractivity contribution in [2.24, 2.45) is 11.7 Å². The third-order valence-electron chi connectivity index (χ3n) is 2.32. The molecule has 0 bridgehead atoms. The van der Waals surface area contributed by atoms with Crippen LogP contribution in [0.4, 0.5) is 0 Å². The molecule has 1 heterocycles. The summed E-state index contributed by atoms with van der Waals surface area (Å²) in [4.78, 5) is 8.26. The third kappa shape index (κ3) is 3.64. The van der Waals surface area contributed by atoms with Gasteiger partial charge in [-0.2, -0.15) is 0 Å². The van der Waals surface area contributed by atoms with Crippen molar-refractivity contribution in [1.29, 1.82) is 0 Å². The number of thioether (sulfide) groups is 1. The van der Waals surface area contributed by atoms with E-state index in [4.69, 9.17) is 5.73 Å². The van der Waals surface area contributed by atoms with Gasteiger partial charge in [-0.15, -0.1) is 0 Å². The molecule has 0 saturated carbocycles. The van der Waals surface area contributed by atoms with Crippen LogP contribution in [0.15, 0.2) is 23.6 Å². The van der Waals surface area contributed by atoms with Crippen molar-refractivity contribution in [2.45, 2.75) is 31.5 Å². The summed E-state index contributed by atoms with van der Waals surface area (Å²) < 4.78 is 0. The van der Waals surface area contributed by atoms with Gasteiger partial charge in [-0.05, 0) is 12.0 Å². The number of nitrogens with two attached hydrogens (primary N) is 1. The SMILES string of the molecule is CC[C@@H](C)[C@H](N)CSc1ncccn1. The highest BCUT2D eigenvalue weighted by atomic mass is 32.2. The molecule has 0 unspecified atom stereocenters. The Labute approximate surface area is 89.5 Å². The summed E-state index contributed by atoms with van der Waals surface area (Å²) in [6.07, 6.45) is 4.63. The van der Waals surface area contributed by atoms with Crippen molar-refractivity contribution in [3.05, 3.63) is 18.5 Å². The highest BCUT2D eigenvalue weighted by Gasteiger charge is 2.11. The van der Waals surface area contributed by atoms with E-state index in [0.29, 0.717) is 5.92 Å². The second-order valence-electron chi connectivity index (χ2n) is 3.39. The van der Waals surface area contributed by atoms with Crippen molar-refractivity contribution >= 4 is 11.8 Å². The van der Waals surface area contributed by atoms with Crippen LogP contribution < -0.4 is 5.73 Å². The van der Waals surface area contributed by atoms with E-state index in [2.05, 4.69) is 23.8 Å². The Balaban J connectivity index is 2.34. The quantitative estimate of drug-likeness (QED) is 0.597. The maximum atomic E-state index is 6.00. The zero-order chi connectivity index (χ0) is 10.4. The molecule has 3 nitrogen and oxygen atoms in total. The van der Waals surface area contributed by atoms with Gasteiger partial charge in [-0.3, -0.25) is 0 Å². The molecule has 2 N–H and O–H groups in total. The van der Waals surface area contributed by atoms with Crippen LogP contribution in [0.5, 0.6) is 0 Å². The molecule has 1 aromatic rings. The average molecular weight is 211 g/mol.